The predicted octanol–water partition coefficient (Wildman–Crippen LogP) is 4.72. The summed E-state index contributed by atoms with van der Waals surface area (Å²) in [5.41, 5.74) is 0. The molecule has 0 atom stereocenters. The first-order chi connectivity index (χ1) is 9.86. The minimum absolute atomic E-state index is 0.0110. The largest absolute Gasteiger partial charge is 0.463 e. The van der Waals surface area contributed by atoms with E-state index in [1.54, 1.807) is 0 Å². The standard InChI is InChI=1S/C13H10Cl4O4/c1-2-5-20-9(18)3-4-10(19)21-13-8(15)6-7(14)11(16)12(13)17/h3-4,6H,2,5H2,1H3/b4-3+. The number of hydrogen-bond acceptors (Lipinski definition) is 4. The van der Waals surface area contributed by atoms with E-state index in [0.29, 0.717) is 6.42 Å². The molecule has 1 rings (SSSR count). The van der Waals surface area contributed by atoms with Gasteiger partial charge in [-0.2, -0.15) is 0 Å². The number of carbonyl (C=O) groups is 2. The summed E-state index contributed by atoms with van der Waals surface area (Å²) in [6, 6.07) is 1.29. The zero-order chi connectivity index (χ0) is 16.0. The fourth-order valence-electron chi connectivity index (χ4n) is 1.16. The molecule has 0 aliphatic rings. The van der Waals surface area contributed by atoms with Crippen LogP contribution in [-0.4, -0.2) is 18.5 Å². The van der Waals surface area contributed by atoms with Gasteiger partial charge >= 0.3 is 11.9 Å². The van der Waals surface area contributed by atoms with E-state index in [9.17, 15) is 9.59 Å². The van der Waals surface area contributed by atoms with Crippen LogP contribution in [0.3, 0.4) is 0 Å². The summed E-state index contributed by atoms with van der Waals surface area (Å²) in [7, 11) is 0. The lowest BCUT2D eigenvalue weighted by atomic mass is 10.3. The van der Waals surface area contributed by atoms with E-state index in [4.69, 9.17) is 55.9 Å². The minimum Gasteiger partial charge on any atom is -0.463 e. The lowest BCUT2D eigenvalue weighted by Gasteiger charge is -2.09. The molecule has 0 spiro atoms. The third kappa shape index (κ3) is 5.40. The maximum absolute atomic E-state index is 11.6. The third-order valence-electron chi connectivity index (χ3n) is 2.08. The Bertz CT molecular complexity index is 584. The quantitative estimate of drug-likeness (QED) is 0.247. The first kappa shape index (κ1) is 18.1. The maximum Gasteiger partial charge on any atom is 0.336 e. The summed E-state index contributed by atoms with van der Waals surface area (Å²) in [4.78, 5) is 22.8. The van der Waals surface area contributed by atoms with E-state index in [0.717, 1.165) is 12.2 Å². The zero-order valence-electron chi connectivity index (χ0n) is 10.8. The normalized spacial score (nSPS) is 10.7. The molecule has 0 N–H and O–H groups in total. The highest BCUT2D eigenvalue weighted by Gasteiger charge is 2.17. The van der Waals surface area contributed by atoms with Crippen molar-refractivity contribution in [3.63, 3.8) is 0 Å². The van der Waals surface area contributed by atoms with Gasteiger partial charge in [0.2, 0.25) is 0 Å². The zero-order valence-corrected chi connectivity index (χ0v) is 13.8. The first-order valence-electron chi connectivity index (χ1n) is 5.76. The molecule has 0 fully saturated rings. The highest BCUT2D eigenvalue weighted by Crippen LogP contribution is 2.42. The Balaban J connectivity index is 2.78. The predicted molar refractivity (Wildman–Crippen MR) is 82.5 cm³/mol. The van der Waals surface area contributed by atoms with Gasteiger partial charge in [0.15, 0.2) is 5.75 Å². The van der Waals surface area contributed by atoms with Gasteiger partial charge in [-0.1, -0.05) is 53.3 Å². The van der Waals surface area contributed by atoms with Crippen LogP contribution in [0.2, 0.25) is 20.1 Å². The van der Waals surface area contributed by atoms with Crippen LogP contribution >= 0.6 is 46.4 Å². The third-order valence-corrected chi connectivity index (χ3v) is 3.60. The summed E-state index contributed by atoms with van der Waals surface area (Å²) in [6.45, 7) is 2.11. The van der Waals surface area contributed by atoms with Gasteiger partial charge in [-0.15, -0.1) is 0 Å². The van der Waals surface area contributed by atoms with Gasteiger partial charge in [0.25, 0.3) is 0 Å². The Morgan fingerprint density at radius 2 is 1.67 bits per heavy atom. The molecule has 0 amide bonds. The summed E-state index contributed by atoms with van der Waals surface area (Å²) < 4.78 is 9.68. The number of halogens is 4. The number of rotatable bonds is 5. The summed E-state index contributed by atoms with van der Waals surface area (Å²) in [5.74, 6) is -1.64. The Morgan fingerprint density at radius 3 is 2.29 bits per heavy atom. The van der Waals surface area contributed by atoms with Crippen molar-refractivity contribution in [1.29, 1.82) is 0 Å². The molecule has 0 aromatic heterocycles. The highest BCUT2D eigenvalue weighted by atomic mass is 35.5. The topological polar surface area (TPSA) is 52.6 Å². The average molecular weight is 372 g/mol. The molecule has 0 unspecified atom stereocenters. The molecule has 0 radical (unpaired) electrons. The van der Waals surface area contributed by atoms with E-state index < -0.39 is 11.9 Å². The maximum atomic E-state index is 11.6. The SMILES string of the molecule is CCCOC(=O)/C=C/C(=O)Oc1c(Cl)cc(Cl)c(Cl)c1Cl. The number of esters is 2. The number of ether oxygens (including phenoxy) is 2. The molecule has 1 aromatic rings. The van der Waals surface area contributed by atoms with Crippen LogP contribution in [-0.2, 0) is 14.3 Å². The molecule has 0 saturated carbocycles. The second-order valence-electron chi connectivity index (χ2n) is 3.72. The van der Waals surface area contributed by atoms with E-state index in [-0.39, 0.29) is 32.4 Å². The number of benzene rings is 1. The Kier molecular flexibility index (Phi) is 7.32. The molecule has 0 aliphatic heterocycles. The van der Waals surface area contributed by atoms with Crippen molar-refractivity contribution in [3.8, 4) is 5.75 Å². The van der Waals surface area contributed by atoms with Gasteiger partial charge < -0.3 is 9.47 Å². The molecular weight excluding hydrogens is 362 g/mol. The second kappa shape index (κ2) is 8.49. The van der Waals surface area contributed by atoms with Crippen LogP contribution in [0.4, 0.5) is 0 Å². The van der Waals surface area contributed by atoms with Crippen LogP contribution in [0.15, 0.2) is 18.2 Å². The molecule has 114 valence electrons. The Morgan fingerprint density at radius 1 is 1.05 bits per heavy atom. The summed E-state index contributed by atoms with van der Waals surface area (Å²) in [5, 5.41) is 0.0659. The lowest BCUT2D eigenvalue weighted by molar-refractivity contribution is -0.138. The van der Waals surface area contributed by atoms with Crippen molar-refractivity contribution in [3.05, 3.63) is 38.3 Å². The Hall–Kier alpha value is -0.940. The van der Waals surface area contributed by atoms with Crippen LogP contribution in [0.25, 0.3) is 0 Å². The van der Waals surface area contributed by atoms with Crippen molar-refractivity contribution >= 4 is 58.3 Å². The van der Waals surface area contributed by atoms with Crippen molar-refractivity contribution in [2.45, 2.75) is 13.3 Å². The molecule has 4 nitrogen and oxygen atoms in total. The van der Waals surface area contributed by atoms with Gasteiger partial charge in [-0.05, 0) is 12.5 Å². The van der Waals surface area contributed by atoms with E-state index in [1.165, 1.54) is 6.07 Å². The average Bonchev–Trinajstić information content (AvgIpc) is 2.45. The van der Waals surface area contributed by atoms with Crippen LogP contribution in [0, 0.1) is 0 Å². The second-order valence-corrected chi connectivity index (χ2v) is 5.29. The lowest BCUT2D eigenvalue weighted by Crippen LogP contribution is -2.07. The van der Waals surface area contributed by atoms with E-state index in [2.05, 4.69) is 0 Å². The fraction of sp³-hybridized carbons (Fsp3) is 0.231. The first-order valence-corrected chi connectivity index (χ1v) is 7.27. The Labute approximate surface area is 141 Å². The van der Waals surface area contributed by atoms with Gasteiger partial charge in [0.05, 0.1) is 21.7 Å². The molecule has 0 saturated heterocycles. The van der Waals surface area contributed by atoms with Gasteiger partial charge in [-0.3, -0.25) is 0 Å². The highest BCUT2D eigenvalue weighted by molar-refractivity contribution is 6.50. The van der Waals surface area contributed by atoms with Crippen LogP contribution in [0.1, 0.15) is 13.3 Å². The fourth-order valence-corrected chi connectivity index (χ4v) is 2.15. The van der Waals surface area contributed by atoms with Crippen molar-refractivity contribution in [2.24, 2.45) is 0 Å². The minimum atomic E-state index is -0.856. The molecule has 0 heterocycles. The van der Waals surface area contributed by atoms with Crippen LogP contribution < -0.4 is 4.74 Å². The van der Waals surface area contributed by atoms with Gasteiger partial charge in [0, 0.05) is 12.2 Å². The van der Waals surface area contributed by atoms with Gasteiger partial charge in [0.1, 0.15) is 5.02 Å². The number of hydrogen-bond donors (Lipinski definition) is 0. The van der Waals surface area contributed by atoms with Crippen molar-refractivity contribution in [1.82, 2.24) is 0 Å². The van der Waals surface area contributed by atoms with Crippen molar-refractivity contribution < 1.29 is 19.1 Å². The van der Waals surface area contributed by atoms with E-state index in [1.807, 2.05) is 6.92 Å². The molecule has 0 aliphatic carbocycles. The number of carbonyl (C=O) groups excluding carboxylic acids is 2. The van der Waals surface area contributed by atoms with Crippen LogP contribution in [0.5, 0.6) is 5.75 Å². The van der Waals surface area contributed by atoms with E-state index >= 15 is 0 Å². The molecule has 1 aromatic carbocycles. The smallest absolute Gasteiger partial charge is 0.336 e. The summed E-state index contributed by atoms with van der Waals surface area (Å²) >= 11 is 23.3. The summed E-state index contributed by atoms with van der Waals surface area (Å²) in [6.07, 6.45) is 2.52. The molecular formula is C13H10Cl4O4. The molecule has 8 heteroatoms. The van der Waals surface area contributed by atoms with Crippen molar-refractivity contribution in [2.75, 3.05) is 6.61 Å². The molecule has 0 bridgehead atoms. The molecule has 21 heavy (non-hydrogen) atoms. The van der Waals surface area contributed by atoms with Gasteiger partial charge in [-0.25, -0.2) is 9.59 Å². The monoisotopic (exact) mass is 370 g/mol.